The molecule has 0 aliphatic carbocycles. The summed E-state index contributed by atoms with van der Waals surface area (Å²) in [6, 6.07) is 15.9. The summed E-state index contributed by atoms with van der Waals surface area (Å²) >= 11 is 1.70. The predicted octanol–water partition coefficient (Wildman–Crippen LogP) is 6.70. The maximum atomic E-state index is 14.5. The fraction of sp³-hybridized carbons (Fsp3) is 0.419. The first-order chi connectivity index (χ1) is 18.2. The summed E-state index contributed by atoms with van der Waals surface area (Å²) in [5.41, 5.74) is 2.34. The van der Waals surface area contributed by atoms with Gasteiger partial charge in [0, 0.05) is 18.0 Å². The zero-order chi connectivity index (χ0) is 27.2. The summed E-state index contributed by atoms with van der Waals surface area (Å²) in [6.07, 6.45) is 1.49. The van der Waals surface area contributed by atoms with Crippen LogP contribution in [0.15, 0.2) is 60.0 Å². The molecule has 202 valence electrons. The number of rotatable bonds is 10. The van der Waals surface area contributed by atoms with E-state index >= 15 is 0 Å². The maximum absolute atomic E-state index is 14.5. The highest BCUT2D eigenvalue weighted by Gasteiger charge is 2.34. The third-order valence-corrected chi connectivity index (χ3v) is 8.06. The van der Waals surface area contributed by atoms with Crippen LogP contribution < -0.4 is 4.74 Å². The predicted molar refractivity (Wildman–Crippen MR) is 150 cm³/mol. The highest BCUT2D eigenvalue weighted by atomic mass is 32.1. The summed E-state index contributed by atoms with van der Waals surface area (Å²) in [4.78, 5) is 31.6. The van der Waals surface area contributed by atoms with E-state index in [0.717, 1.165) is 24.2 Å². The Balaban J connectivity index is 1.52. The number of thiophene rings is 1. The summed E-state index contributed by atoms with van der Waals surface area (Å²) in [5, 5.41) is 2.06. The van der Waals surface area contributed by atoms with E-state index in [1.54, 1.807) is 23.5 Å². The summed E-state index contributed by atoms with van der Waals surface area (Å²) in [5.74, 6) is 0.359. The number of ether oxygens (including phenoxy) is 1. The van der Waals surface area contributed by atoms with Crippen molar-refractivity contribution in [3.05, 3.63) is 87.4 Å². The van der Waals surface area contributed by atoms with Gasteiger partial charge in [-0.05, 0) is 71.5 Å². The van der Waals surface area contributed by atoms with Crippen LogP contribution in [0, 0.1) is 11.7 Å². The molecule has 0 saturated heterocycles. The van der Waals surface area contributed by atoms with Crippen molar-refractivity contribution in [3.8, 4) is 5.75 Å². The first-order valence-electron chi connectivity index (χ1n) is 13.4. The number of hydrogen-bond donors (Lipinski definition) is 0. The van der Waals surface area contributed by atoms with Crippen molar-refractivity contribution in [2.24, 2.45) is 5.92 Å². The first kappa shape index (κ1) is 27.8. The lowest BCUT2D eigenvalue weighted by atomic mass is 10.00. The lowest BCUT2D eigenvalue weighted by Crippen LogP contribution is -2.48. The third-order valence-electron chi connectivity index (χ3n) is 7.06. The van der Waals surface area contributed by atoms with Gasteiger partial charge in [0.25, 0.3) is 5.91 Å². The minimum absolute atomic E-state index is 0.00690. The second kappa shape index (κ2) is 12.6. The van der Waals surface area contributed by atoms with Crippen LogP contribution in [-0.2, 0) is 11.2 Å². The van der Waals surface area contributed by atoms with Gasteiger partial charge in [-0.25, -0.2) is 4.39 Å². The zero-order valence-electron chi connectivity index (χ0n) is 22.7. The summed E-state index contributed by atoms with van der Waals surface area (Å²) < 4.78 is 20.6. The lowest BCUT2D eigenvalue weighted by Gasteiger charge is -2.37. The van der Waals surface area contributed by atoms with E-state index in [9.17, 15) is 14.0 Å². The van der Waals surface area contributed by atoms with E-state index in [2.05, 4.69) is 51.3 Å². The molecular weight excluding hydrogens is 499 g/mol. The van der Waals surface area contributed by atoms with Crippen molar-refractivity contribution in [1.29, 1.82) is 0 Å². The molecule has 0 N–H and O–H groups in total. The minimum atomic E-state index is -0.574. The molecule has 1 aliphatic rings. The Morgan fingerprint density at radius 1 is 1.08 bits per heavy atom. The molecule has 0 radical (unpaired) electrons. The van der Waals surface area contributed by atoms with Gasteiger partial charge in [0.05, 0.1) is 11.6 Å². The lowest BCUT2D eigenvalue weighted by molar-refractivity contribution is -0.135. The normalized spacial score (nSPS) is 15.0. The van der Waals surface area contributed by atoms with Crippen molar-refractivity contribution in [1.82, 2.24) is 9.80 Å². The Bertz CT molecular complexity index is 1240. The van der Waals surface area contributed by atoms with Crippen LogP contribution in [-0.4, -0.2) is 47.9 Å². The van der Waals surface area contributed by atoms with E-state index in [1.807, 2.05) is 17.0 Å². The number of carbonyl (C=O) groups is 2. The van der Waals surface area contributed by atoms with Gasteiger partial charge in [-0.1, -0.05) is 52.0 Å². The van der Waals surface area contributed by atoms with Gasteiger partial charge < -0.3 is 14.5 Å². The first-order valence-corrected chi connectivity index (χ1v) is 14.2. The number of amides is 2. The minimum Gasteiger partial charge on any atom is -0.491 e. The van der Waals surface area contributed by atoms with Crippen molar-refractivity contribution in [3.63, 3.8) is 0 Å². The molecule has 0 spiro atoms. The highest BCUT2D eigenvalue weighted by molar-refractivity contribution is 7.10. The average molecular weight is 537 g/mol. The van der Waals surface area contributed by atoms with Gasteiger partial charge >= 0.3 is 0 Å². The number of fused-ring (bicyclic) bond motifs is 1. The molecule has 1 aliphatic heterocycles. The molecule has 38 heavy (non-hydrogen) atoms. The zero-order valence-corrected chi connectivity index (χ0v) is 23.5. The molecular formula is C31H37FN2O3S. The molecule has 1 atom stereocenters. The Hall–Kier alpha value is -3.19. The Morgan fingerprint density at radius 2 is 1.82 bits per heavy atom. The van der Waals surface area contributed by atoms with Gasteiger partial charge in [0.2, 0.25) is 5.91 Å². The monoisotopic (exact) mass is 536 g/mol. The van der Waals surface area contributed by atoms with E-state index in [-0.39, 0.29) is 24.1 Å². The Morgan fingerprint density at radius 3 is 2.50 bits per heavy atom. The molecule has 0 unspecified atom stereocenters. The third kappa shape index (κ3) is 6.62. The second-order valence-corrected chi connectivity index (χ2v) is 11.6. The fourth-order valence-electron chi connectivity index (χ4n) is 4.72. The fourth-order valence-corrected chi connectivity index (χ4v) is 5.65. The van der Waals surface area contributed by atoms with E-state index in [0.29, 0.717) is 31.5 Å². The van der Waals surface area contributed by atoms with Crippen LogP contribution in [0.2, 0.25) is 0 Å². The van der Waals surface area contributed by atoms with Crippen molar-refractivity contribution >= 4 is 23.2 Å². The molecule has 1 aromatic heterocycles. The number of carbonyl (C=O) groups excluding carboxylic acids is 2. The largest absolute Gasteiger partial charge is 0.491 e. The van der Waals surface area contributed by atoms with Gasteiger partial charge in [-0.2, -0.15) is 0 Å². The van der Waals surface area contributed by atoms with Crippen LogP contribution in [0.5, 0.6) is 5.75 Å². The Kier molecular flexibility index (Phi) is 9.21. The molecule has 7 heteroatoms. The van der Waals surface area contributed by atoms with Crippen molar-refractivity contribution in [2.45, 2.75) is 52.5 Å². The number of hydrogen-bond acceptors (Lipinski definition) is 4. The van der Waals surface area contributed by atoms with Gasteiger partial charge in [-0.15, -0.1) is 11.3 Å². The van der Waals surface area contributed by atoms with E-state index in [1.165, 1.54) is 27.5 Å². The Labute approximate surface area is 229 Å². The quantitative estimate of drug-likeness (QED) is 0.290. The number of halogens is 1. The molecule has 0 fully saturated rings. The molecule has 0 bridgehead atoms. The molecule has 0 saturated carbocycles. The number of benzene rings is 2. The number of nitrogens with zero attached hydrogens (tertiary/aromatic N) is 2. The summed E-state index contributed by atoms with van der Waals surface area (Å²) in [6.45, 7) is 9.61. The molecule has 2 heterocycles. The van der Waals surface area contributed by atoms with Gasteiger partial charge in [-0.3, -0.25) is 9.59 Å². The maximum Gasteiger partial charge on any atom is 0.257 e. The van der Waals surface area contributed by atoms with E-state index < -0.39 is 11.7 Å². The van der Waals surface area contributed by atoms with E-state index in [4.69, 9.17) is 4.74 Å². The molecule has 2 aromatic carbocycles. The smallest absolute Gasteiger partial charge is 0.257 e. The second-order valence-electron chi connectivity index (χ2n) is 10.6. The molecule has 4 rings (SSSR count). The van der Waals surface area contributed by atoms with Crippen LogP contribution in [0.4, 0.5) is 4.39 Å². The van der Waals surface area contributed by atoms with Crippen molar-refractivity contribution in [2.75, 3.05) is 26.2 Å². The van der Waals surface area contributed by atoms with Gasteiger partial charge in [0.15, 0.2) is 0 Å². The molecule has 5 nitrogen and oxygen atoms in total. The summed E-state index contributed by atoms with van der Waals surface area (Å²) in [7, 11) is 0. The van der Waals surface area contributed by atoms with Crippen LogP contribution in [0.25, 0.3) is 0 Å². The van der Waals surface area contributed by atoms with Crippen LogP contribution in [0.3, 0.4) is 0 Å². The molecule has 3 aromatic rings. The average Bonchev–Trinajstić information content (AvgIpc) is 3.39. The van der Waals surface area contributed by atoms with Crippen molar-refractivity contribution < 1.29 is 18.7 Å². The topological polar surface area (TPSA) is 49.9 Å². The van der Waals surface area contributed by atoms with Crippen LogP contribution in [0.1, 0.15) is 72.4 Å². The SMILES string of the molecule is CC(C)CCN(CC(=O)N1CCc2sccc2[C@@H]1COc1ccc(C(C)C)cc1)C(=O)c1ccccc1F. The molecule has 2 amide bonds. The van der Waals surface area contributed by atoms with Gasteiger partial charge in [0.1, 0.15) is 24.7 Å². The highest BCUT2D eigenvalue weighted by Crippen LogP contribution is 2.34. The standard InChI is InChI=1S/C31H37FN2O3S/c1-21(2)13-16-33(31(36)25-7-5-6-8-27(25)32)19-30(35)34-17-14-29-26(15-18-38-29)28(34)20-37-24-11-9-23(10-12-24)22(3)4/h5-12,15,18,21-22,28H,13-14,16-17,19-20H2,1-4H3/t28-/m0/s1. The van der Waals surface area contributed by atoms with Crippen LogP contribution >= 0.6 is 11.3 Å².